The summed E-state index contributed by atoms with van der Waals surface area (Å²) in [7, 11) is 1.63. The van der Waals surface area contributed by atoms with Crippen molar-refractivity contribution in [2.24, 2.45) is 0 Å². The molecular formula is C26H25F2N5O3. The number of anilines is 1. The second-order valence-electron chi connectivity index (χ2n) is 8.66. The molecule has 10 heteroatoms. The van der Waals surface area contributed by atoms with Crippen molar-refractivity contribution in [2.75, 3.05) is 19.0 Å². The van der Waals surface area contributed by atoms with Crippen molar-refractivity contribution in [2.45, 2.75) is 33.0 Å². The molecule has 0 spiro atoms. The van der Waals surface area contributed by atoms with E-state index in [-0.39, 0.29) is 16.8 Å². The molecule has 2 aromatic heterocycles. The van der Waals surface area contributed by atoms with Crippen LogP contribution >= 0.6 is 0 Å². The average molecular weight is 494 g/mol. The van der Waals surface area contributed by atoms with E-state index in [1.54, 1.807) is 7.11 Å². The number of carbonyl (C=O) groups excluding carboxylic acids is 1. The summed E-state index contributed by atoms with van der Waals surface area (Å²) in [6.45, 7) is 4.37. The number of benzene rings is 2. The molecule has 8 nitrogen and oxygen atoms in total. The fraction of sp³-hybridized carbons (Fsp3) is 0.269. The summed E-state index contributed by atoms with van der Waals surface area (Å²) >= 11 is 0. The first-order valence-electron chi connectivity index (χ1n) is 11.6. The molecule has 0 aliphatic carbocycles. The van der Waals surface area contributed by atoms with Gasteiger partial charge in [-0.05, 0) is 36.8 Å². The third kappa shape index (κ3) is 4.24. The Kier molecular flexibility index (Phi) is 6.27. The molecule has 4 aromatic rings. The first-order chi connectivity index (χ1) is 17.4. The maximum absolute atomic E-state index is 13.6. The van der Waals surface area contributed by atoms with Crippen molar-refractivity contribution in [1.29, 1.82) is 0 Å². The van der Waals surface area contributed by atoms with Crippen LogP contribution in [0, 0.1) is 11.6 Å². The second kappa shape index (κ2) is 9.54. The van der Waals surface area contributed by atoms with Crippen LogP contribution in [0.2, 0.25) is 0 Å². The Balaban J connectivity index is 1.46. The third-order valence-electron chi connectivity index (χ3n) is 6.47. The standard InChI is InChI=1S/C26H25F2N5O3/c1-3-32-23-10-11-31(14-16-4-7-18(36-2)8-5-16)15-20(23)26(35)33-25(32)19(13-29-33)24(34)30-17-6-9-21(27)22(28)12-17/h4-9,12-13H,3,10-11,14-15H2,1-2H3,(H,30,34). The van der Waals surface area contributed by atoms with Gasteiger partial charge in [-0.25, -0.2) is 8.78 Å². The summed E-state index contributed by atoms with van der Waals surface area (Å²) in [4.78, 5) is 28.6. The number of halogens is 2. The number of methoxy groups -OCH3 is 1. The Morgan fingerprint density at radius 1 is 1.14 bits per heavy atom. The number of amides is 1. The lowest BCUT2D eigenvalue weighted by molar-refractivity contribution is 0.102. The molecule has 3 heterocycles. The molecule has 186 valence electrons. The zero-order valence-electron chi connectivity index (χ0n) is 19.9. The van der Waals surface area contributed by atoms with Crippen molar-refractivity contribution in [1.82, 2.24) is 19.1 Å². The Morgan fingerprint density at radius 3 is 2.61 bits per heavy atom. The van der Waals surface area contributed by atoms with Crippen LogP contribution in [0.25, 0.3) is 5.65 Å². The van der Waals surface area contributed by atoms with E-state index in [4.69, 9.17) is 4.74 Å². The van der Waals surface area contributed by atoms with Crippen LogP contribution in [0.1, 0.15) is 34.1 Å². The number of ether oxygens (including phenoxy) is 1. The van der Waals surface area contributed by atoms with Crippen molar-refractivity contribution >= 4 is 17.2 Å². The summed E-state index contributed by atoms with van der Waals surface area (Å²) in [6, 6.07) is 11.0. The van der Waals surface area contributed by atoms with E-state index in [1.807, 2.05) is 35.8 Å². The Bertz CT molecular complexity index is 1510. The van der Waals surface area contributed by atoms with Crippen LogP contribution in [0.15, 0.2) is 53.5 Å². The topological polar surface area (TPSA) is 80.9 Å². The third-order valence-corrected chi connectivity index (χ3v) is 6.47. The number of aryl methyl sites for hydroxylation is 1. The van der Waals surface area contributed by atoms with E-state index in [2.05, 4.69) is 15.3 Å². The number of aromatic nitrogens is 3. The highest BCUT2D eigenvalue weighted by Gasteiger charge is 2.27. The molecule has 36 heavy (non-hydrogen) atoms. The predicted octanol–water partition coefficient (Wildman–Crippen LogP) is 3.61. The first-order valence-corrected chi connectivity index (χ1v) is 11.6. The van der Waals surface area contributed by atoms with Gasteiger partial charge in [-0.3, -0.25) is 14.5 Å². The van der Waals surface area contributed by atoms with E-state index in [0.717, 1.165) is 35.7 Å². The summed E-state index contributed by atoms with van der Waals surface area (Å²) in [6.07, 6.45) is 1.97. The predicted molar refractivity (Wildman–Crippen MR) is 130 cm³/mol. The number of hydrogen-bond donors (Lipinski definition) is 1. The fourth-order valence-electron chi connectivity index (χ4n) is 4.70. The van der Waals surface area contributed by atoms with Gasteiger partial charge >= 0.3 is 0 Å². The van der Waals surface area contributed by atoms with Gasteiger partial charge in [-0.2, -0.15) is 9.61 Å². The Labute approximate surface area is 205 Å². The van der Waals surface area contributed by atoms with Gasteiger partial charge in [0.2, 0.25) is 0 Å². The Morgan fingerprint density at radius 2 is 1.92 bits per heavy atom. The molecule has 0 fully saturated rings. The van der Waals surface area contributed by atoms with E-state index < -0.39 is 17.5 Å². The highest BCUT2D eigenvalue weighted by Crippen LogP contribution is 2.23. The summed E-state index contributed by atoms with van der Waals surface area (Å²) in [5, 5.41) is 6.78. The van der Waals surface area contributed by atoms with Gasteiger partial charge in [0.1, 0.15) is 11.3 Å². The zero-order valence-corrected chi connectivity index (χ0v) is 19.9. The highest BCUT2D eigenvalue weighted by molar-refractivity contribution is 6.08. The monoisotopic (exact) mass is 493 g/mol. The minimum Gasteiger partial charge on any atom is -0.497 e. The van der Waals surface area contributed by atoms with E-state index in [9.17, 15) is 18.4 Å². The molecule has 0 saturated heterocycles. The largest absolute Gasteiger partial charge is 0.497 e. The number of rotatable bonds is 6. The van der Waals surface area contributed by atoms with Gasteiger partial charge in [0.15, 0.2) is 17.3 Å². The van der Waals surface area contributed by atoms with Gasteiger partial charge in [0.25, 0.3) is 11.5 Å². The molecule has 0 bridgehead atoms. The number of nitrogens with one attached hydrogen (secondary N) is 1. The van der Waals surface area contributed by atoms with E-state index in [1.165, 1.54) is 16.8 Å². The zero-order chi connectivity index (χ0) is 25.4. The number of hydrogen-bond acceptors (Lipinski definition) is 5. The lowest BCUT2D eigenvalue weighted by Crippen LogP contribution is -2.38. The van der Waals surface area contributed by atoms with E-state index in [0.29, 0.717) is 37.3 Å². The van der Waals surface area contributed by atoms with Crippen molar-refractivity contribution in [3.8, 4) is 5.75 Å². The maximum Gasteiger partial charge on any atom is 0.279 e. The summed E-state index contributed by atoms with van der Waals surface area (Å²) in [5.74, 6) is -1.84. The van der Waals surface area contributed by atoms with Crippen LogP contribution in [0.4, 0.5) is 14.5 Å². The lowest BCUT2D eigenvalue weighted by Gasteiger charge is -2.30. The van der Waals surface area contributed by atoms with Gasteiger partial charge in [-0.15, -0.1) is 0 Å². The van der Waals surface area contributed by atoms with Crippen LogP contribution in [0.3, 0.4) is 0 Å². The molecule has 1 aliphatic rings. The van der Waals surface area contributed by atoms with Crippen LogP contribution < -0.4 is 15.6 Å². The van der Waals surface area contributed by atoms with Crippen molar-refractivity contribution in [3.05, 3.63) is 93.0 Å². The molecule has 0 unspecified atom stereocenters. The molecule has 0 radical (unpaired) electrons. The molecule has 1 amide bonds. The fourth-order valence-corrected chi connectivity index (χ4v) is 4.70. The molecule has 0 atom stereocenters. The smallest absolute Gasteiger partial charge is 0.279 e. The average Bonchev–Trinajstić information content (AvgIpc) is 3.33. The molecule has 1 N–H and O–H groups in total. The van der Waals surface area contributed by atoms with Gasteiger partial charge in [-0.1, -0.05) is 12.1 Å². The molecule has 5 rings (SSSR count). The number of carbonyl (C=O) groups is 1. The van der Waals surface area contributed by atoms with Crippen molar-refractivity contribution < 1.29 is 18.3 Å². The quantitative estimate of drug-likeness (QED) is 0.444. The summed E-state index contributed by atoms with van der Waals surface area (Å²) in [5.41, 5.74) is 3.05. The van der Waals surface area contributed by atoms with Crippen molar-refractivity contribution in [3.63, 3.8) is 0 Å². The van der Waals surface area contributed by atoms with E-state index >= 15 is 0 Å². The molecule has 2 aromatic carbocycles. The van der Waals surface area contributed by atoms with Gasteiger partial charge in [0.05, 0.1) is 18.9 Å². The minimum absolute atomic E-state index is 0.107. The maximum atomic E-state index is 13.6. The number of fused-ring (bicyclic) bond motifs is 2. The highest BCUT2D eigenvalue weighted by atomic mass is 19.2. The van der Waals surface area contributed by atoms with Crippen LogP contribution in [0.5, 0.6) is 5.75 Å². The minimum atomic E-state index is -1.06. The summed E-state index contributed by atoms with van der Waals surface area (Å²) < 4.78 is 35.3. The SMILES string of the molecule is CCn1c2c(c(=O)n3ncc(C(=O)Nc4ccc(F)c(F)c4)c13)CN(Cc1ccc(OC)cc1)CC2. The Hall–Kier alpha value is -4.05. The van der Waals surface area contributed by atoms with Gasteiger partial charge < -0.3 is 14.6 Å². The number of nitrogens with zero attached hydrogens (tertiary/aromatic N) is 4. The van der Waals surface area contributed by atoms with Crippen LogP contribution in [-0.2, 0) is 26.1 Å². The molecule has 1 aliphatic heterocycles. The lowest BCUT2D eigenvalue weighted by atomic mass is 10.0. The van der Waals surface area contributed by atoms with Crippen LogP contribution in [-0.4, -0.2) is 38.6 Å². The van der Waals surface area contributed by atoms with Gasteiger partial charge in [0, 0.05) is 50.0 Å². The second-order valence-corrected chi connectivity index (χ2v) is 8.66. The molecular weight excluding hydrogens is 468 g/mol. The first kappa shape index (κ1) is 23.7. The molecule has 0 saturated carbocycles. The normalized spacial score (nSPS) is 13.6.